The van der Waals surface area contributed by atoms with Gasteiger partial charge in [0, 0.05) is 11.9 Å². The molecule has 0 aliphatic heterocycles. The summed E-state index contributed by atoms with van der Waals surface area (Å²) in [6.07, 6.45) is 6.50. The number of nitrogens with zero attached hydrogens (tertiary/aromatic N) is 2. The van der Waals surface area contributed by atoms with Crippen LogP contribution in [-0.4, -0.2) is 34.0 Å². The zero-order chi connectivity index (χ0) is 23.8. The number of carbonyl (C=O) groups is 1. The SMILES string of the molecule is CCCCCCCn1c(=O)c(C(=O)N/N=C/c2ccc(O)c(OC)c2)c(O)c2ccccc21. The van der Waals surface area contributed by atoms with Crippen LogP contribution >= 0.6 is 0 Å². The first-order valence-electron chi connectivity index (χ1n) is 11.0. The maximum atomic E-state index is 13.2. The first kappa shape index (κ1) is 23.8. The molecule has 0 bridgehead atoms. The molecule has 0 saturated carbocycles. The fourth-order valence-electron chi connectivity index (χ4n) is 3.69. The first-order valence-corrected chi connectivity index (χ1v) is 11.0. The maximum absolute atomic E-state index is 13.2. The molecule has 8 nitrogen and oxygen atoms in total. The van der Waals surface area contributed by atoms with E-state index in [1.165, 1.54) is 19.4 Å². The van der Waals surface area contributed by atoms with Crippen molar-refractivity contribution in [2.45, 2.75) is 45.6 Å². The summed E-state index contributed by atoms with van der Waals surface area (Å²) >= 11 is 0. The molecule has 0 aliphatic rings. The molecule has 3 N–H and O–H groups in total. The van der Waals surface area contributed by atoms with Gasteiger partial charge in [-0.15, -0.1) is 0 Å². The fraction of sp³-hybridized carbons (Fsp3) is 0.320. The highest BCUT2D eigenvalue weighted by atomic mass is 16.5. The minimum absolute atomic E-state index is 0.0185. The van der Waals surface area contributed by atoms with Crippen molar-refractivity contribution in [3.8, 4) is 17.2 Å². The number of phenols is 1. The number of unbranched alkanes of at least 4 members (excludes halogenated alkanes) is 4. The molecule has 3 aromatic rings. The summed E-state index contributed by atoms with van der Waals surface area (Å²) in [6.45, 7) is 2.60. The molecule has 3 rings (SSSR count). The lowest BCUT2D eigenvalue weighted by Crippen LogP contribution is -2.31. The molecule has 1 heterocycles. The number of para-hydroxylation sites is 1. The van der Waals surface area contributed by atoms with Crippen molar-refractivity contribution >= 4 is 23.0 Å². The summed E-state index contributed by atoms with van der Waals surface area (Å²) < 4.78 is 6.59. The topological polar surface area (TPSA) is 113 Å². The van der Waals surface area contributed by atoms with E-state index in [1.807, 2.05) is 0 Å². The lowest BCUT2D eigenvalue weighted by Gasteiger charge is -2.14. The van der Waals surface area contributed by atoms with Crippen LogP contribution in [-0.2, 0) is 6.54 Å². The van der Waals surface area contributed by atoms with Crippen LogP contribution in [0.25, 0.3) is 10.9 Å². The molecule has 0 atom stereocenters. The van der Waals surface area contributed by atoms with Gasteiger partial charge < -0.3 is 19.5 Å². The van der Waals surface area contributed by atoms with E-state index in [0.717, 1.165) is 32.1 Å². The third kappa shape index (κ3) is 5.52. The summed E-state index contributed by atoms with van der Waals surface area (Å²) in [4.78, 5) is 26.0. The standard InChI is InChI=1S/C25H29N3O5/c1-3-4-5-6-9-14-28-19-11-8-7-10-18(19)23(30)22(25(28)32)24(31)27-26-16-17-12-13-20(29)21(15-17)33-2/h7-8,10-13,15-16,29-30H,3-6,9,14H2,1-2H3,(H,27,31)/b26-16+. The second-order valence-electron chi connectivity index (χ2n) is 7.74. The van der Waals surface area contributed by atoms with Gasteiger partial charge in [0.15, 0.2) is 11.5 Å². The number of hydrazone groups is 1. The second kappa shape index (κ2) is 11.2. The van der Waals surface area contributed by atoms with Crippen LogP contribution in [0, 0.1) is 0 Å². The molecule has 33 heavy (non-hydrogen) atoms. The summed E-state index contributed by atoms with van der Waals surface area (Å²) in [7, 11) is 1.43. The van der Waals surface area contributed by atoms with Crippen LogP contribution in [0.1, 0.15) is 54.9 Å². The Morgan fingerprint density at radius 1 is 1.12 bits per heavy atom. The Balaban J connectivity index is 1.87. The van der Waals surface area contributed by atoms with Gasteiger partial charge in [0.2, 0.25) is 0 Å². The van der Waals surface area contributed by atoms with Crippen LogP contribution in [0.3, 0.4) is 0 Å². The monoisotopic (exact) mass is 451 g/mol. The lowest BCUT2D eigenvalue weighted by atomic mass is 10.1. The molecule has 0 fully saturated rings. The van der Waals surface area contributed by atoms with E-state index in [-0.39, 0.29) is 22.8 Å². The largest absolute Gasteiger partial charge is 0.506 e. The van der Waals surface area contributed by atoms with E-state index < -0.39 is 11.5 Å². The van der Waals surface area contributed by atoms with Crippen LogP contribution < -0.4 is 15.7 Å². The van der Waals surface area contributed by atoms with E-state index in [9.17, 15) is 19.8 Å². The summed E-state index contributed by atoms with van der Waals surface area (Å²) in [5.41, 5.74) is 2.57. The third-order valence-electron chi connectivity index (χ3n) is 5.44. The first-order chi connectivity index (χ1) is 16.0. The highest BCUT2D eigenvalue weighted by Crippen LogP contribution is 2.27. The molecule has 1 aromatic heterocycles. The molecule has 174 valence electrons. The highest BCUT2D eigenvalue weighted by Gasteiger charge is 2.21. The van der Waals surface area contributed by atoms with Crippen molar-refractivity contribution in [2.24, 2.45) is 5.10 Å². The number of phenolic OH excluding ortho intramolecular Hbond substituents is 1. The second-order valence-corrected chi connectivity index (χ2v) is 7.74. The number of hydrogen-bond acceptors (Lipinski definition) is 6. The fourth-order valence-corrected chi connectivity index (χ4v) is 3.69. The minimum Gasteiger partial charge on any atom is -0.506 e. The van der Waals surface area contributed by atoms with Gasteiger partial charge in [0.05, 0.1) is 18.8 Å². The van der Waals surface area contributed by atoms with Crippen LogP contribution in [0.2, 0.25) is 0 Å². The number of amides is 1. The van der Waals surface area contributed by atoms with E-state index in [0.29, 0.717) is 23.0 Å². The predicted molar refractivity (Wildman–Crippen MR) is 128 cm³/mol. The Labute approximate surface area is 192 Å². The number of carbonyl (C=O) groups excluding carboxylic acids is 1. The van der Waals surface area contributed by atoms with Crippen molar-refractivity contribution in [2.75, 3.05) is 7.11 Å². The van der Waals surface area contributed by atoms with Crippen molar-refractivity contribution in [1.82, 2.24) is 9.99 Å². The third-order valence-corrected chi connectivity index (χ3v) is 5.44. The number of benzene rings is 2. The number of ether oxygens (including phenoxy) is 1. The number of aryl methyl sites for hydroxylation is 1. The van der Waals surface area contributed by atoms with Gasteiger partial charge in [-0.25, -0.2) is 5.43 Å². The summed E-state index contributed by atoms with van der Waals surface area (Å²) in [6, 6.07) is 11.6. The molecular formula is C25H29N3O5. The minimum atomic E-state index is -0.801. The van der Waals surface area contributed by atoms with Crippen molar-refractivity contribution < 1.29 is 19.7 Å². The molecule has 1 amide bonds. The number of fused-ring (bicyclic) bond motifs is 1. The van der Waals surface area contributed by atoms with Crippen molar-refractivity contribution in [1.29, 1.82) is 0 Å². The average molecular weight is 452 g/mol. The van der Waals surface area contributed by atoms with Gasteiger partial charge >= 0.3 is 0 Å². The Bertz CT molecular complexity index is 1220. The molecule has 0 radical (unpaired) electrons. The summed E-state index contributed by atoms with van der Waals surface area (Å²) in [5.74, 6) is -0.920. The van der Waals surface area contributed by atoms with Crippen molar-refractivity contribution in [3.05, 3.63) is 63.9 Å². The number of rotatable bonds is 10. The summed E-state index contributed by atoms with van der Waals surface area (Å²) in [5, 5.41) is 24.7. The quantitative estimate of drug-likeness (QED) is 0.243. The van der Waals surface area contributed by atoms with E-state index >= 15 is 0 Å². The molecule has 0 spiro atoms. The van der Waals surface area contributed by atoms with Gasteiger partial charge in [-0.2, -0.15) is 5.10 Å². The molecule has 0 unspecified atom stereocenters. The number of pyridine rings is 1. The maximum Gasteiger partial charge on any atom is 0.280 e. The normalized spacial score (nSPS) is 11.2. The van der Waals surface area contributed by atoms with Crippen molar-refractivity contribution in [3.63, 3.8) is 0 Å². The lowest BCUT2D eigenvalue weighted by molar-refractivity contribution is 0.0950. The number of aromatic nitrogens is 1. The van der Waals surface area contributed by atoms with Gasteiger partial charge in [-0.3, -0.25) is 9.59 Å². The Morgan fingerprint density at radius 3 is 2.64 bits per heavy atom. The van der Waals surface area contributed by atoms with Crippen LogP contribution in [0.5, 0.6) is 17.2 Å². The van der Waals surface area contributed by atoms with Crippen LogP contribution in [0.15, 0.2) is 52.4 Å². The molecule has 0 aliphatic carbocycles. The van der Waals surface area contributed by atoms with Gasteiger partial charge in [-0.1, -0.05) is 44.7 Å². The highest BCUT2D eigenvalue weighted by molar-refractivity contribution is 6.02. The molecule has 2 aromatic carbocycles. The van der Waals surface area contributed by atoms with Gasteiger partial charge in [0.1, 0.15) is 11.3 Å². The van der Waals surface area contributed by atoms with E-state index in [2.05, 4.69) is 17.5 Å². The molecule has 0 saturated heterocycles. The Morgan fingerprint density at radius 2 is 1.88 bits per heavy atom. The van der Waals surface area contributed by atoms with Gasteiger partial charge in [-0.05, 0) is 42.3 Å². The van der Waals surface area contributed by atoms with Gasteiger partial charge in [0.25, 0.3) is 11.5 Å². The smallest absolute Gasteiger partial charge is 0.280 e. The van der Waals surface area contributed by atoms with Crippen LogP contribution in [0.4, 0.5) is 0 Å². The van der Waals surface area contributed by atoms with E-state index in [1.54, 1.807) is 41.0 Å². The zero-order valence-electron chi connectivity index (χ0n) is 18.9. The van der Waals surface area contributed by atoms with E-state index in [4.69, 9.17) is 4.74 Å². The Kier molecular flexibility index (Phi) is 8.07. The number of nitrogens with one attached hydrogen (secondary N) is 1. The molecule has 8 heteroatoms. The number of aromatic hydroxyl groups is 2. The predicted octanol–water partition coefficient (Wildman–Crippen LogP) is 4.16. The Hall–Kier alpha value is -3.81. The molecular weight excluding hydrogens is 422 g/mol. The number of hydrogen-bond donors (Lipinski definition) is 3. The number of methoxy groups -OCH3 is 1. The average Bonchev–Trinajstić information content (AvgIpc) is 2.82. The zero-order valence-corrected chi connectivity index (χ0v) is 18.9.